The van der Waals surface area contributed by atoms with Crippen LogP contribution in [-0.2, 0) is 4.79 Å². The molecule has 0 unspecified atom stereocenters. The number of hydrogen-bond acceptors (Lipinski definition) is 4. The summed E-state index contributed by atoms with van der Waals surface area (Å²) in [5.41, 5.74) is 2.50. The summed E-state index contributed by atoms with van der Waals surface area (Å²) in [7, 11) is 0. The highest BCUT2D eigenvalue weighted by Gasteiger charge is 2.12. The molecule has 0 fully saturated rings. The molecule has 2 aromatic carbocycles. The second-order valence-corrected chi connectivity index (χ2v) is 6.56. The molecular weight excluding hydrogens is 358 g/mol. The van der Waals surface area contributed by atoms with Gasteiger partial charge < -0.3 is 10.6 Å². The van der Waals surface area contributed by atoms with Gasteiger partial charge >= 0.3 is 0 Å². The van der Waals surface area contributed by atoms with Crippen LogP contribution < -0.4 is 10.6 Å². The average Bonchev–Trinajstić information content (AvgIpc) is 3.06. The predicted octanol–water partition coefficient (Wildman–Crippen LogP) is 4.67. The molecule has 7 heteroatoms. The Balaban J connectivity index is 1.70. The topological polar surface area (TPSA) is 71.1 Å². The van der Waals surface area contributed by atoms with E-state index in [1.165, 1.54) is 18.3 Å². The molecule has 1 aromatic heterocycles. The first-order valence-electron chi connectivity index (χ1n) is 7.42. The number of halogens is 1. The number of nitrogens with one attached hydrogen (secondary N) is 2. The van der Waals surface area contributed by atoms with Crippen LogP contribution in [0.5, 0.6) is 0 Å². The van der Waals surface area contributed by atoms with Crippen LogP contribution in [0, 0.1) is 0 Å². The van der Waals surface area contributed by atoms with E-state index in [0.29, 0.717) is 22.1 Å². The van der Waals surface area contributed by atoms with E-state index in [9.17, 15) is 9.59 Å². The van der Waals surface area contributed by atoms with Gasteiger partial charge in [-0.3, -0.25) is 9.59 Å². The van der Waals surface area contributed by atoms with Gasteiger partial charge in [0.2, 0.25) is 5.91 Å². The van der Waals surface area contributed by atoms with E-state index in [1.54, 1.807) is 35.7 Å². The fraction of sp³-hybridized carbons (Fsp3) is 0.0556. The highest BCUT2D eigenvalue weighted by molar-refractivity contribution is 7.13. The highest BCUT2D eigenvalue weighted by atomic mass is 35.5. The molecule has 0 atom stereocenters. The molecular formula is C18H14ClN3O2S. The van der Waals surface area contributed by atoms with Crippen molar-refractivity contribution in [1.29, 1.82) is 0 Å². The zero-order valence-electron chi connectivity index (χ0n) is 13.2. The first kappa shape index (κ1) is 17.1. The first-order valence-corrected chi connectivity index (χ1v) is 8.67. The van der Waals surface area contributed by atoms with Gasteiger partial charge in [-0.2, -0.15) is 0 Å². The molecule has 0 saturated heterocycles. The standard InChI is InChI=1S/C18H14ClN3O2S/c1-11(23)20-14-5-7-15(8-6-14)21-17(24)16-10-25-18(22-16)12-3-2-4-13(19)9-12/h2-10H,1H3,(H,20,23)(H,21,24). The van der Waals surface area contributed by atoms with Crippen LogP contribution in [0.1, 0.15) is 17.4 Å². The van der Waals surface area contributed by atoms with Gasteiger partial charge in [0, 0.05) is 34.3 Å². The Bertz CT molecular complexity index is 922. The van der Waals surface area contributed by atoms with Gasteiger partial charge in [0.1, 0.15) is 10.7 Å². The Morgan fingerprint density at radius 1 is 1.04 bits per heavy atom. The van der Waals surface area contributed by atoms with Crippen molar-refractivity contribution in [3.8, 4) is 10.6 Å². The smallest absolute Gasteiger partial charge is 0.275 e. The fourth-order valence-corrected chi connectivity index (χ4v) is 3.15. The van der Waals surface area contributed by atoms with E-state index >= 15 is 0 Å². The quantitative estimate of drug-likeness (QED) is 0.699. The van der Waals surface area contributed by atoms with Crippen molar-refractivity contribution < 1.29 is 9.59 Å². The molecule has 25 heavy (non-hydrogen) atoms. The SMILES string of the molecule is CC(=O)Nc1ccc(NC(=O)c2csc(-c3cccc(Cl)c3)n2)cc1. The molecule has 2 N–H and O–H groups in total. The van der Waals surface area contributed by atoms with Crippen LogP contribution in [0.3, 0.4) is 0 Å². The number of carbonyl (C=O) groups excluding carboxylic acids is 2. The fourth-order valence-electron chi connectivity index (χ4n) is 2.17. The Labute approximate surface area is 153 Å². The predicted molar refractivity (Wildman–Crippen MR) is 101 cm³/mol. The number of nitrogens with zero attached hydrogens (tertiary/aromatic N) is 1. The third kappa shape index (κ3) is 4.43. The minimum atomic E-state index is -0.295. The number of benzene rings is 2. The van der Waals surface area contributed by atoms with Crippen molar-refractivity contribution >= 4 is 46.1 Å². The van der Waals surface area contributed by atoms with Crippen LogP contribution in [0.2, 0.25) is 5.02 Å². The van der Waals surface area contributed by atoms with Gasteiger partial charge in [-0.05, 0) is 36.4 Å². The number of amides is 2. The van der Waals surface area contributed by atoms with Gasteiger partial charge in [-0.25, -0.2) is 4.98 Å². The number of carbonyl (C=O) groups is 2. The Morgan fingerprint density at radius 2 is 1.72 bits per heavy atom. The Morgan fingerprint density at radius 3 is 2.36 bits per heavy atom. The summed E-state index contributed by atoms with van der Waals surface area (Å²) >= 11 is 7.37. The molecule has 0 aliphatic rings. The normalized spacial score (nSPS) is 10.3. The summed E-state index contributed by atoms with van der Waals surface area (Å²) in [6, 6.07) is 14.2. The van der Waals surface area contributed by atoms with Gasteiger partial charge in [0.15, 0.2) is 0 Å². The molecule has 3 rings (SSSR count). The second kappa shape index (κ2) is 7.46. The lowest BCUT2D eigenvalue weighted by molar-refractivity contribution is -0.114. The molecule has 0 bridgehead atoms. The van der Waals surface area contributed by atoms with Gasteiger partial charge in [0.05, 0.1) is 0 Å². The Hall–Kier alpha value is -2.70. The Kier molecular flexibility index (Phi) is 5.11. The molecule has 0 radical (unpaired) electrons. The summed E-state index contributed by atoms with van der Waals surface area (Å²) in [6.07, 6.45) is 0. The monoisotopic (exact) mass is 371 g/mol. The van der Waals surface area contributed by atoms with E-state index in [2.05, 4.69) is 15.6 Å². The highest BCUT2D eigenvalue weighted by Crippen LogP contribution is 2.26. The number of anilines is 2. The zero-order chi connectivity index (χ0) is 17.8. The van der Waals surface area contributed by atoms with Crippen molar-refractivity contribution in [2.75, 3.05) is 10.6 Å². The first-order chi connectivity index (χ1) is 12.0. The van der Waals surface area contributed by atoms with Crippen molar-refractivity contribution in [3.05, 3.63) is 64.6 Å². The summed E-state index contributed by atoms with van der Waals surface area (Å²) in [5.74, 6) is -0.440. The van der Waals surface area contributed by atoms with Crippen molar-refractivity contribution in [1.82, 2.24) is 4.98 Å². The molecule has 3 aromatic rings. The molecule has 126 valence electrons. The van der Waals surface area contributed by atoms with Crippen LogP contribution >= 0.6 is 22.9 Å². The van der Waals surface area contributed by atoms with E-state index in [-0.39, 0.29) is 11.8 Å². The third-order valence-electron chi connectivity index (χ3n) is 3.27. The summed E-state index contributed by atoms with van der Waals surface area (Å²) in [4.78, 5) is 27.7. The maximum atomic E-state index is 12.3. The summed E-state index contributed by atoms with van der Waals surface area (Å²) in [5, 5.41) is 8.51. The molecule has 1 heterocycles. The maximum Gasteiger partial charge on any atom is 0.275 e. The van der Waals surface area contributed by atoms with Crippen LogP contribution in [0.25, 0.3) is 10.6 Å². The number of rotatable bonds is 4. The molecule has 2 amide bonds. The largest absolute Gasteiger partial charge is 0.326 e. The van der Waals surface area contributed by atoms with Crippen molar-refractivity contribution in [2.24, 2.45) is 0 Å². The average molecular weight is 372 g/mol. The van der Waals surface area contributed by atoms with Crippen LogP contribution in [0.15, 0.2) is 53.9 Å². The van der Waals surface area contributed by atoms with Crippen LogP contribution in [-0.4, -0.2) is 16.8 Å². The lowest BCUT2D eigenvalue weighted by Crippen LogP contribution is -2.12. The van der Waals surface area contributed by atoms with E-state index in [4.69, 9.17) is 11.6 Å². The number of thiazole rings is 1. The second-order valence-electron chi connectivity index (χ2n) is 5.26. The van der Waals surface area contributed by atoms with Gasteiger partial charge in [-0.1, -0.05) is 23.7 Å². The number of aromatic nitrogens is 1. The van der Waals surface area contributed by atoms with Gasteiger partial charge in [-0.15, -0.1) is 11.3 Å². The molecule has 0 saturated carbocycles. The minimum Gasteiger partial charge on any atom is -0.326 e. The molecule has 0 aliphatic carbocycles. The van der Waals surface area contributed by atoms with E-state index in [0.717, 1.165) is 10.6 Å². The van der Waals surface area contributed by atoms with E-state index in [1.807, 2.05) is 18.2 Å². The van der Waals surface area contributed by atoms with Crippen molar-refractivity contribution in [2.45, 2.75) is 6.92 Å². The summed E-state index contributed by atoms with van der Waals surface area (Å²) in [6.45, 7) is 1.44. The van der Waals surface area contributed by atoms with E-state index < -0.39 is 0 Å². The lowest BCUT2D eigenvalue weighted by atomic mass is 10.2. The van der Waals surface area contributed by atoms with Gasteiger partial charge in [0.25, 0.3) is 5.91 Å². The maximum absolute atomic E-state index is 12.3. The summed E-state index contributed by atoms with van der Waals surface area (Å²) < 4.78 is 0. The lowest BCUT2D eigenvalue weighted by Gasteiger charge is -2.05. The molecule has 0 spiro atoms. The van der Waals surface area contributed by atoms with Crippen molar-refractivity contribution in [3.63, 3.8) is 0 Å². The number of hydrogen-bond donors (Lipinski definition) is 2. The van der Waals surface area contributed by atoms with Crippen LogP contribution in [0.4, 0.5) is 11.4 Å². The third-order valence-corrected chi connectivity index (χ3v) is 4.40. The zero-order valence-corrected chi connectivity index (χ0v) is 14.8. The molecule has 0 aliphatic heterocycles. The minimum absolute atomic E-state index is 0.146. The molecule has 5 nitrogen and oxygen atoms in total.